The molecule has 1 atom stereocenters. The Bertz CT molecular complexity index is 502. The third-order valence-corrected chi connectivity index (χ3v) is 3.02. The molecular weight excluding hydrogens is 222 g/mol. The van der Waals surface area contributed by atoms with Crippen molar-refractivity contribution in [3.63, 3.8) is 0 Å². The Labute approximate surface area is 108 Å². The van der Waals surface area contributed by atoms with Crippen molar-refractivity contribution in [1.82, 2.24) is 0 Å². The second-order valence-electron chi connectivity index (χ2n) is 4.27. The predicted octanol–water partition coefficient (Wildman–Crippen LogP) is 3.57. The smallest absolute Gasteiger partial charge is 0.231 e. The molecule has 92 valence electrons. The lowest BCUT2D eigenvalue weighted by Gasteiger charge is -2.33. The van der Waals surface area contributed by atoms with Gasteiger partial charge < -0.3 is 4.90 Å². The third kappa shape index (κ3) is 2.28. The van der Waals surface area contributed by atoms with Crippen LogP contribution < -0.4 is 4.90 Å². The van der Waals surface area contributed by atoms with E-state index in [-0.39, 0.29) is 11.9 Å². The number of fused-ring (bicyclic) bond motifs is 1. The van der Waals surface area contributed by atoms with E-state index in [1.165, 1.54) is 0 Å². The number of hydrogen-bond donors (Lipinski definition) is 0. The number of anilines is 1. The van der Waals surface area contributed by atoms with Crippen molar-refractivity contribution >= 4 is 17.7 Å². The zero-order valence-electron chi connectivity index (χ0n) is 10.4. The van der Waals surface area contributed by atoms with Crippen molar-refractivity contribution in [2.24, 2.45) is 0 Å². The standard InChI is InChI=1S/C16H17NO/c1-3-7-14-12-11-13-9-5-6-10-15(13)17(14)16(18)8-4-2/h3-6,9-12,14H,1-2,7-8H2. The molecule has 18 heavy (non-hydrogen) atoms. The lowest BCUT2D eigenvalue weighted by molar-refractivity contribution is -0.118. The molecule has 0 aromatic heterocycles. The molecule has 2 heteroatoms. The summed E-state index contributed by atoms with van der Waals surface area (Å²) in [6.07, 6.45) is 8.74. The molecule has 0 bridgehead atoms. The molecule has 1 aliphatic heterocycles. The Kier molecular flexibility index (Phi) is 3.78. The van der Waals surface area contributed by atoms with Gasteiger partial charge in [-0.25, -0.2) is 0 Å². The summed E-state index contributed by atoms with van der Waals surface area (Å²) < 4.78 is 0. The molecule has 2 rings (SSSR count). The molecule has 0 saturated heterocycles. The molecule has 2 nitrogen and oxygen atoms in total. The van der Waals surface area contributed by atoms with Crippen molar-refractivity contribution in [2.75, 3.05) is 4.90 Å². The molecule has 1 unspecified atom stereocenters. The van der Waals surface area contributed by atoms with Gasteiger partial charge in [0.15, 0.2) is 0 Å². The number of carbonyl (C=O) groups is 1. The van der Waals surface area contributed by atoms with Gasteiger partial charge in [0.25, 0.3) is 0 Å². The first-order valence-corrected chi connectivity index (χ1v) is 6.09. The van der Waals surface area contributed by atoms with Crippen LogP contribution >= 0.6 is 0 Å². The van der Waals surface area contributed by atoms with Crippen molar-refractivity contribution < 1.29 is 4.79 Å². The highest BCUT2D eigenvalue weighted by Gasteiger charge is 2.25. The summed E-state index contributed by atoms with van der Waals surface area (Å²) in [6, 6.07) is 7.99. The molecule has 1 aromatic carbocycles. The Morgan fingerprint density at radius 2 is 2.06 bits per heavy atom. The van der Waals surface area contributed by atoms with Crippen LogP contribution in [0.15, 0.2) is 55.7 Å². The second kappa shape index (κ2) is 5.50. The number of nitrogens with zero attached hydrogens (tertiary/aromatic N) is 1. The van der Waals surface area contributed by atoms with Crippen molar-refractivity contribution in [3.8, 4) is 0 Å². The zero-order chi connectivity index (χ0) is 13.0. The minimum absolute atomic E-state index is 0.0600. The first kappa shape index (κ1) is 12.4. The highest BCUT2D eigenvalue weighted by Crippen LogP contribution is 2.30. The Morgan fingerprint density at radius 1 is 1.28 bits per heavy atom. The molecular formula is C16H17NO. The van der Waals surface area contributed by atoms with E-state index in [1.807, 2.05) is 35.2 Å². The van der Waals surface area contributed by atoms with E-state index in [4.69, 9.17) is 0 Å². The van der Waals surface area contributed by atoms with Crippen LogP contribution in [0.25, 0.3) is 6.08 Å². The summed E-state index contributed by atoms with van der Waals surface area (Å²) >= 11 is 0. The van der Waals surface area contributed by atoms with Crippen molar-refractivity contribution in [1.29, 1.82) is 0 Å². The Morgan fingerprint density at radius 3 is 2.78 bits per heavy atom. The number of para-hydroxylation sites is 1. The first-order chi connectivity index (χ1) is 8.77. The fraction of sp³-hybridized carbons (Fsp3) is 0.188. The molecule has 0 spiro atoms. The van der Waals surface area contributed by atoms with Crippen LogP contribution in [0.3, 0.4) is 0 Å². The second-order valence-corrected chi connectivity index (χ2v) is 4.27. The average Bonchev–Trinajstić information content (AvgIpc) is 2.39. The molecule has 0 fully saturated rings. The van der Waals surface area contributed by atoms with E-state index < -0.39 is 0 Å². The zero-order valence-corrected chi connectivity index (χ0v) is 10.4. The average molecular weight is 239 g/mol. The Balaban J connectivity index is 2.41. The summed E-state index contributed by atoms with van der Waals surface area (Å²) in [5.41, 5.74) is 2.05. The van der Waals surface area contributed by atoms with Crippen LogP contribution in [-0.4, -0.2) is 11.9 Å². The van der Waals surface area contributed by atoms with Crippen LogP contribution in [0.5, 0.6) is 0 Å². The van der Waals surface area contributed by atoms with Crippen LogP contribution in [0.4, 0.5) is 5.69 Å². The summed E-state index contributed by atoms with van der Waals surface area (Å²) in [6.45, 7) is 7.40. The molecule has 1 aliphatic rings. The first-order valence-electron chi connectivity index (χ1n) is 6.09. The maximum atomic E-state index is 12.2. The maximum Gasteiger partial charge on any atom is 0.231 e. The monoisotopic (exact) mass is 239 g/mol. The molecule has 0 saturated carbocycles. The normalized spacial score (nSPS) is 17.1. The molecule has 0 N–H and O–H groups in total. The van der Waals surface area contributed by atoms with Crippen LogP contribution in [0.2, 0.25) is 0 Å². The number of hydrogen-bond acceptors (Lipinski definition) is 1. The lowest BCUT2D eigenvalue weighted by Crippen LogP contribution is -2.40. The lowest BCUT2D eigenvalue weighted by atomic mass is 10.00. The minimum Gasteiger partial charge on any atom is -0.304 e. The van der Waals surface area contributed by atoms with Crippen LogP contribution in [0.1, 0.15) is 18.4 Å². The highest BCUT2D eigenvalue weighted by atomic mass is 16.2. The van der Waals surface area contributed by atoms with E-state index >= 15 is 0 Å². The van der Waals surface area contributed by atoms with E-state index in [2.05, 4.69) is 25.3 Å². The number of amides is 1. The SMILES string of the molecule is C=CCC(=O)N1c2ccccc2C=CC1CC=C. The van der Waals surface area contributed by atoms with Gasteiger partial charge in [-0.15, -0.1) is 13.2 Å². The van der Waals surface area contributed by atoms with Gasteiger partial charge in [-0.2, -0.15) is 0 Å². The molecule has 0 aliphatic carbocycles. The van der Waals surface area contributed by atoms with Crippen molar-refractivity contribution in [2.45, 2.75) is 18.9 Å². The molecule has 1 aromatic rings. The maximum absolute atomic E-state index is 12.2. The summed E-state index contributed by atoms with van der Waals surface area (Å²) in [4.78, 5) is 14.1. The number of benzene rings is 1. The predicted molar refractivity (Wildman–Crippen MR) is 76.4 cm³/mol. The van der Waals surface area contributed by atoms with E-state index in [0.29, 0.717) is 6.42 Å². The topological polar surface area (TPSA) is 20.3 Å². The molecule has 1 heterocycles. The van der Waals surface area contributed by atoms with Crippen LogP contribution in [-0.2, 0) is 4.79 Å². The van der Waals surface area contributed by atoms with Crippen LogP contribution in [0, 0.1) is 0 Å². The van der Waals surface area contributed by atoms with Gasteiger partial charge in [-0.3, -0.25) is 4.79 Å². The fourth-order valence-corrected chi connectivity index (χ4v) is 2.22. The quantitative estimate of drug-likeness (QED) is 0.736. The van der Waals surface area contributed by atoms with Gasteiger partial charge in [0, 0.05) is 6.42 Å². The van der Waals surface area contributed by atoms with Gasteiger partial charge in [0.2, 0.25) is 5.91 Å². The minimum atomic E-state index is 0.0600. The Hall–Kier alpha value is -2.09. The summed E-state index contributed by atoms with van der Waals surface area (Å²) in [7, 11) is 0. The number of rotatable bonds is 4. The van der Waals surface area contributed by atoms with Gasteiger partial charge in [-0.05, 0) is 18.1 Å². The van der Waals surface area contributed by atoms with Gasteiger partial charge >= 0.3 is 0 Å². The highest BCUT2D eigenvalue weighted by molar-refractivity contribution is 5.98. The summed E-state index contributed by atoms with van der Waals surface area (Å²) in [5.74, 6) is 0.0775. The fourth-order valence-electron chi connectivity index (χ4n) is 2.22. The molecule has 1 amide bonds. The van der Waals surface area contributed by atoms with Crippen molar-refractivity contribution in [3.05, 3.63) is 61.2 Å². The summed E-state index contributed by atoms with van der Waals surface area (Å²) in [5, 5.41) is 0. The van der Waals surface area contributed by atoms with Gasteiger partial charge in [0.05, 0.1) is 11.7 Å². The van der Waals surface area contributed by atoms with Gasteiger partial charge in [0.1, 0.15) is 0 Å². The molecule has 0 radical (unpaired) electrons. The van der Waals surface area contributed by atoms with E-state index in [1.54, 1.807) is 6.08 Å². The largest absolute Gasteiger partial charge is 0.304 e. The third-order valence-electron chi connectivity index (χ3n) is 3.02. The van der Waals surface area contributed by atoms with E-state index in [0.717, 1.165) is 17.7 Å². The van der Waals surface area contributed by atoms with Gasteiger partial charge in [-0.1, -0.05) is 42.5 Å². The number of carbonyl (C=O) groups excluding carboxylic acids is 1. The van der Waals surface area contributed by atoms with E-state index in [9.17, 15) is 4.79 Å².